The first kappa shape index (κ1) is 32.1. The zero-order chi connectivity index (χ0) is 27.7. The Kier molecular flexibility index (Phi) is 12.0. The summed E-state index contributed by atoms with van der Waals surface area (Å²) < 4.78 is 20.6. The van der Waals surface area contributed by atoms with Gasteiger partial charge in [-0.3, -0.25) is 0 Å². The van der Waals surface area contributed by atoms with E-state index in [4.69, 9.17) is 12.3 Å². The molecule has 0 fully saturated rings. The first-order valence-electron chi connectivity index (χ1n) is 14.0. The van der Waals surface area contributed by atoms with Gasteiger partial charge in [0, 0.05) is 5.54 Å². The Hall–Kier alpha value is -1.07. The molecule has 37 heavy (non-hydrogen) atoms. The lowest BCUT2D eigenvalue weighted by atomic mass is 9.87. The van der Waals surface area contributed by atoms with Gasteiger partial charge in [-0.05, 0) is 82.3 Å². The van der Waals surface area contributed by atoms with Gasteiger partial charge in [0.05, 0.1) is 0 Å². The lowest BCUT2D eigenvalue weighted by Gasteiger charge is -2.43. The van der Waals surface area contributed by atoms with Crippen LogP contribution in [-0.4, -0.2) is 33.8 Å². The first-order valence-corrected chi connectivity index (χ1v) is 25.6. The van der Waals surface area contributed by atoms with Crippen molar-refractivity contribution in [2.24, 2.45) is 0 Å². The maximum Gasteiger partial charge on any atom is 0.342 e. The second-order valence-electron chi connectivity index (χ2n) is 12.4. The minimum Gasteiger partial charge on any atom is -0.437 e. The summed E-state index contributed by atoms with van der Waals surface area (Å²) in [4.78, 5) is 0. The van der Waals surface area contributed by atoms with Gasteiger partial charge in [-0.2, -0.15) is 0 Å². The van der Waals surface area contributed by atoms with Crippen LogP contribution in [0.3, 0.4) is 0 Å². The lowest BCUT2D eigenvalue weighted by molar-refractivity contribution is 0.330. The molecule has 2 rings (SSSR count). The van der Waals surface area contributed by atoms with Crippen molar-refractivity contribution in [3.05, 3.63) is 84.1 Å². The molecule has 3 atom stereocenters. The second-order valence-corrected chi connectivity index (χ2v) is 28.3. The normalized spacial score (nSPS) is 16.1. The molecular weight excluding hydrogens is 521 g/mol. The molecule has 7 heteroatoms. The van der Waals surface area contributed by atoms with Crippen LogP contribution in [0.2, 0.25) is 52.4 Å². The fraction of sp³-hybridized carbons (Fsp3) is 0.533. The quantitative estimate of drug-likeness (QED) is 0.148. The van der Waals surface area contributed by atoms with Crippen molar-refractivity contribution >= 4 is 33.8 Å². The second kappa shape index (κ2) is 13.8. The van der Waals surface area contributed by atoms with E-state index in [0.29, 0.717) is 11.5 Å². The number of hydrogen-bond donors (Lipinski definition) is 0. The van der Waals surface area contributed by atoms with Gasteiger partial charge in [-0.25, -0.2) is 0 Å². The average Bonchev–Trinajstić information content (AvgIpc) is 2.80. The molecule has 0 spiro atoms. The van der Waals surface area contributed by atoms with E-state index in [0.717, 1.165) is 6.42 Å². The van der Waals surface area contributed by atoms with E-state index in [1.165, 1.54) is 36.8 Å². The zero-order valence-electron chi connectivity index (χ0n) is 25.0. The number of hydrogen-bond acceptors (Lipinski definition) is 3. The number of rotatable bonds is 16. The molecule has 0 saturated heterocycles. The van der Waals surface area contributed by atoms with Crippen LogP contribution in [0.5, 0.6) is 0 Å². The van der Waals surface area contributed by atoms with E-state index in [-0.39, 0.29) is 0 Å². The van der Waals surface area contributed by atoms with Crippen LogP contribution in [0.15, 0.2) is 72.9 Å². The molecular formula is C30H52O3Si4. The molecule has 2 aromatic carbocycles. The van der Waals surface area contributed by atoms with Crippen LogP contribution in [0.4, 0.5) is 0 Å². The van der Waals surface area contributed by atoms with Crippen molar-refractivity contribution in [2.45, 2.75) is 103 Å². The Morgan fingerprint density at radius 1 is 0.730 bits per heavy atom. The highest BCUT2D eigenvalue weighted by Crippen LogP contribution is 2.41. The third kappa shape index (κ3) is 10.9. The van der Waals surface area contributed by atoms with Crippen molar-refractivity contribution in [1.29, 1.82) is 0 Å². The van der Waals surface area contributed by atoms with Gasteiger partial charge in [0.15, 0.2) is 16.6 Å². The molecule has 0 radical (unpaired) electrons. The van der Waals surface area contributed by atoms with Gasteiger partial charge in [0.25, 0.3) is 0 Å². The molecule has 2 aromatic rings. The summed E-state index contributed by atoms with van der Waals surface area (Å²) in [6.45, 7) is 24.4. The Morgan fingerprint density at radius 3 is 1.76 bits per heavy atom. The molecule has 0 aliphatic heterocycles. The predicted octanol–water partition coefficient (Wildman–Crippen LogP) is 9.65. The number of unbranched alkanes of at least 4 members (excludes halogenated alkanes) is 2. The molecule has 0 aliphatic rings. The van der Waals surface area contributed by atoms with Crippen LogP contribution in [0.1, 0.15) is 61.6 Å². The third-order valence-corrected chi connectivity index (χ3v) is 21.5. The maximum absolute atomic E-state index is 7.21. The van der Waals surface area contributed by atoms with Gasteiger partial charge in [0.2, 0.25) is 0 Å². The van der Waals surface area contributed by atoms with Crippen LogP contribution in [0.25, 0.3) is 0 Å². The van der Waals surface area contributed by atoms with E-state index in [9.17, 15) is 0 Å². The van der Waals surface area contributed by atoms with Gasteiger partial charge < -0.3 is 12.3 Å². The minimum absolute atomic E-state index is 0.346. The largest absolute Gasteiger partial charge is 0.437 e. The Morgan fingerprint density at radius 2 is 1.27 bits per heavy atom. The summed E-state index contributed by atoms with van der Waals surface area (Å²) in [5, 5.41) is 0. The van der Waals surface area contributed by atoms with Gasteiger partial charge in [-0.15, -0.1) is 6.58 Å². The van der Waals surface area contributed by atoms with Crippen molar-refractivity contribution in [2.75, 3.05) is 0 Å². The van der Waals surface area contributed by atoms with Gasteiger partial charge in [-0.1, -0.05) is 92.5 Å². The molecule has 0 aromatic heterocycles. The Bertz CT molecular complexity index is 944. The van der Waals surface area contributed by atoms with Crippen molar-refractivity contribution in [3.63, 3.8) is 0 Å². The van der Waals surface area contributed by atoms with E-state index in [2.05, 4.69) is 127 Å². The average molecular weight is 573 g/mol. The van der Waals surface area contributed by atoms with Gasteiger partial charge in [0.1, 0.15) is 0 Å². The van der Waals surface area contributed by atoms with Crippen LogP contribution < -0.4 is 0 Å². The third-order valence-electron chi connectivity index (χ3n) is 6.83. The maximum atomic E-state index is 7.21. The predicted molar refractivity (Wildman–Crippen MR) is 171 cm³/mol. The summed E-state index contributed by atoms with van der Waals surface area (Å²) in [6.07, 6.45) is 6.08. The highest BCUT2D eigenvalue weighted by atomic mass is 28.5. The molecule has 3 nitrogen and oxygen atoms in total. The van der Waals surface area contributed by atoms with Crippen molar-refractivity contribution in [3.8, 4) is 0 Å². The molecule has 0 bridgehead atoms. The molecule has 206 valence electrons. The van der Waals surface area contributed by atoms with Crippen LogP contribution in [-0.2, 0) is 12.3 Å². The Balaban J connectivity index is 2.40. The number of benzene rings is 2. The highest BCUT2D eigenvalue weighted by molar-refractivity contribution is 6.91. The summed E-state index contributed by atoms with van der Waals surface area (Å²) in [5.74, 6) is 0.506. The van der Waals surface area contributed by atoms with E-state index in [1.807, 2.05) is 5.70 Å². The van der Waals surface area contributed by atoms with Crippen molar-refractivity contribution < 1.29 is 12.3 Å². The topological polar surface area (TPSA) is 27.7 Å². The highest BCUT2D eigenvalue weighted by Gasteiger charge is 2.47. The fourth-order valence-electron chi connectivity index (χ4n) is 5.52. The van der Waals surface area contributed by atoms with E-state index < -0.39 is 33.8 Å². The first-order chi connectivity index (χ1) is 17.2. The fourth-order valence-corrected chi connectivity index (χ4v) is 23.7. The standard InChI is InChI=1S/C30H52O3Si4/c1-11-13-16-25-29(27-21-17-14-18-22-27)26-30(28-23-19-15-20-24-28)35(6,7)32-37(10,12-2)33-36(8,9)31-34(3,4)5/h12,14-15,17-24,29-30H,2,11,13,16,25-26H2,1,3-10H3. The summed E-state index contributed by atoms with van der Waals surface area (Å²) in [5.41, 5.74) is 5.15. The summed E-state index contributed by atoms with van der Waals surface area (Å²) >= 11 is 0. The van der Waals surface area contributed by atoms with E-state index in [1.54, 1.807) is 0 Å². The monoisotopic (exact) mass is 572 g/mol. The smallest absolute Gasteiger partial charge is 0.342 e. The lowest BCUT2D eigenvalue weighted by Crippen LogP contribution is -2.58. The molecule has 0 amide bonds. The Labute approximate surface area is 232 Å². The molecule has 0 N–H and O–H groups in total. The molecule has 0 heterocycles. The zero-order valence-corrected chi connectivity index (χ0v) is 29.0. The van der Waals surface area contributed by atoms with Crippen LogP contribution >= 0.6 is 0 Å². The SMILES string of the molecule is C=C[Si](C)(O[Si](C)(C)O[Si](C)(C)C)O[Si](C)(C)C(CC(CCCCC)c1ccccc1)c1ccccc1. The van der Waals surface area contributed by atoms with Crippen molar-refractivity contribution in [1.82, 2.24) is 0 Å². The van der Waals surface area contributed by atoms with E-state index >= 15 is 0 Å². The summed E-state index contributed by atoms with van der Waals surface area (Å²) in [7, 11) is -9.05. The van der Waals surface area contributed by atoms with Gasteiger partial charge >= 0.3 is 17.1 Å². The molecule has 0 aliphatic carbocycles. The molecule has 0 saturated carbocycles. The molecule has 3 unspecified atom stereocenters. The summed E-state index contributed by atoms with van der Waals surface area (Å²) in [6, 6.07) is 22.1. The van der Waals surface area contributed by atoms with Crippen LogP contribution in [0, 0.1) is 0 Å². The minimum atomic E-state index is -2.67.